The first-order valence-electron chi connectivity index (χ1n) is 8.51. The molecule has 0 spiro atoms. The van der Waals surface area contributed by atoms with Gasteiger partial charge in [0.15, 0.2) is 0 Å². The molecule has 126 valence electrons. The Kier molecular flexibility index (Phi) is 4.20. The van der Waals surface area contributed by atoms with Crippen molar-refractivity contribution >= 4 is 11.6 Å². The second-order valence-corrected chi connectivity index (χ2v) is 7.15. The third kappa shape index (κ3) is 2.52. The summed E-state index contributed by atoms with van der Waals surface area (Å²) in [5.41, 5.74) is 1.21. The van der Waals surface area contributed by atoms with Crippen LogP contribution in [0.1, 0.15) is 43.4 Å². The highest BCUT2D eigenvalue weighted by Gasteiger charge is 2.54. The molecule has 2 aromatic rings. The van der Waals surface area contributed by atoms with Crippen LogP contribution in [-0.2, 0) is 16.9 Å². The molecule has 0 aliphatic carbocycles. The number of fused-ring (bicyclic) bond motifs is 1. The van der Waals surface area contributed by atoms with E-state index in [1.165, 1.54) is 10.5 Å². The van der Waals surface area contributed by atoms with Crippen molar-refractivity contribution in [2.75, 3.05) is 11.9 Å². The lowest BCUT2D eigenvalue weighted by Gasteiger charge is -2.27. The van der Waals surface area contributed by atoms with Gasteiger partial charge >= 0.3 is 0 Å². The largest absolute Gasteiger partial charge is 0.312 e. The molecule has 1 aliphatic heterocycles. The van der Waals surface area contributed by atoms with Crippen LogP contribution in [0.15, 0.2) is 48.5 Å². The minimum Gasteiger partial charge on any atom is -0.312 e. The fraction of sp³-hybridized carbons (Fsp3) is 0.381. The molecule has 0 radical (unpaired) electrons. The van der Waals surface area contributed by atoms with E-state index in [2.05, 4.69) is 13.8 Å². The highest BCUT2D eigenvalue weighted by Crippen LogP contribution is 2.50. The molecule has 1 aliphatic rings. The summed E-state index contributed by atoms with van der Waals surface area (Å²) < 4.78 is 15.9. The van der Waals surface area contributed by atoms with E-state index >= 15 is 4.39 Å². The monoisotopic (exact) mass is 325 g/mol. The maximum absolute atomic E-state index is 15.9. The van der Waals surface area contributed by atoms with Crippen LogP contribution in [0.2, 0.25) is 0 Å². The molecule has 0 fully saturated rings. The molecule has 3 rings (SSSR count). The fourth-order valence-electron chi connectivity index (χ4n) is 3.60. The molecule has 2 nitrogen and oxygen atoms in total. The topological polar surface area (TPSA) is 20.3 Å². The average molecular weight is 325 g/mol. The zero-order chi connectivity index (χ0) is 17.5. The van der Waals surface area contributed by atoms with Gasteiger partial charge in [0.2, 0.25) is 5.67 Å². The lowest BCUT2D eigenvalue weighted by Crippen LogP contribution is -2.39. The maximum Gasteiger partial charge on any atom is 0.269 e. The fourth-order valence-corrected chi connectivity index (χ4v) is 3.60. The Balaban J connectivity index is 1.97. The van der Waals surface area contributed by atoms with E-state index in [9.17, 15) is 4.79 Å². The molecule has 2 atom stereocenters. The summed E-state index contributed by atoms with van der Waals surface area (Å²) in [4.78, 5) is 14.1. The van der Waals surface area contributed by atoms with Crippen LogP contribution in [0, 0.1) is 5.92 Å². The smallest absolute Gasteiger partial charge is 0.269 e. The van der Waals surface area contributed by atoms with E-state index < -0.39 is 17.5 Å². The van der Waals surface area contributed by atoms with Gasteiger partial charge in [0.25, 0.3) is 5.91 Å². The molecule has 0 N–H and O–H groups in total. The summed E-state index contributed by atoms with van der Waals surface area (Å²) in [5.74, 6) is -0.440. The van der Waals surface area contributed by atoms with Gasteiger partial charge in [-0.05, 0) is 29.5 Å². The summed E-state index contributed by atoms with van der Waals surface area (Å²) in [6, 6.07) is 15.1. The molecule has 0 bridgehead atoms. The Morgan fingerprint density at radius 1 is 1.04 bits per heavy atom. The van der Waals surface area contributed by atoms with Crippen molar-refractivity contribution in [2.45, 2.75) is 38.8 Å². The summed E-state index contributed by atoms with van der Waals surface area (Å²) in [7, 11) is 1.64. The van der Waals surface area contributed by atoms with Crippen LogP contribution in [0.5, 0.6) is 0 Å². The van der Waals surface area contributed by atoms with Gasteiger partial charge in [-0.1, -0.05) is 63.2 Å². The standard InChI is InChI=1S/C21H24FNO/c1-14(2)13-16-9-11-17(12-10-16)15(3)21(22)18-7-5-6-8-19(18)23(4)20(21)24/h5-12,14-15H,13H2,1-4H3/t15?,21-/m0/s1. The number of halogens is 1. The Hall–Kier alpha value is -2.16. The van der Waals surface area contributed by atoms with E-state index in [1.54, 1.807) is 32.2 Å². The lowest BCUT2D eigenvalue weighted by atomic mass is 9.80. The zero-order valence-electron chi connectivity index (χ0n) is 14.7. The second kappa shape index (κ2) is 6.04. The van der Waals surface area contributed by atoms with E-state index in [0.717, 1.165) is 12.0 Å². The molecular formula is C21H24FNO. The zero-order valence-corrected chi connectivity index (χ0v) is 14.7. The summed E-state index contributed by atoms with van der Waals surface area (Å²) >= 11 is 0. The Morgan fingerprint density at radius 3 is 2.29 bits per heavy atom. The number of carbonyl (C=O) groups is 1. The van der Waals surface area contributed by atoms with Gasteiger partial charge in [-0.15, -0.1) is 0 Å². The maximum atomic E-state index is 15.9. The first-order valence-corrected chi connectivity index (χ1v) is 8.51. The van der Waals surface area contributed by atoms with Crippen molar-refractivity contribution < 1.29 is 9.18 Å². The molecule has 1 amide bonds. The number of nitrogens with zero attached hydrogens (tertiary/aromatic N) is 1. The molecule has 2 aromatic carbocycles. The van der Waals surface area contributed by atoms with Gasteiger partial charge in [-0.25, -0.2) is 4.39 Å². The summed E-state index contributed by atoms with van der Waals surface area (Å²) in [6.45, 7) is 6.15. The average Bonchev–Trinajstić information content (AvgIpc) is 2.77. The molecule has 1 heterocycles. The molecular weight excluding hydrogens is 301 g/mol. The third-order valence-electron chi connectivity index (χ3n) is 4.99. The SMILES string of the molecule is CC(C)Cc1ccc(C(C)[C@@]2(F)C(=O)N(C)c3ccccc32)cc1. The normalized spacial score (nSPS) is 21.2. The number of hydrogen-bond acceptors (Lipinski definition) is 1. The first-order chi connectivity index (χ1) is 11.4. The first kappa shape index (κ1) is 16.7. The van der Waals surface area contributed by atoms with Crippen LogP contribution in [0.4, 0.5) is 10.1 Å². The van der Waals surface area contributed by atoms with Gasteiger partial charge in [-0.3, -0.25) is 4.79 Å². The minimum absolute atomic E-state index is 0.469. The number of para-hydroxylation sites is 1. The number of rotatable bonds is 4. The number of alkyl halides is 1. The lowest BCUT2D eigenvalue weighted by molar-refractivity contribution is -0.130. The Morgan fingerprint density at radius 2 is 1.67 bits per heavy atom. The molecule has 0 saturated heterocycles. The van der Waals surface area contributed by atoms with Crippen LogP contribution < -0.4 is 4.90 Å². The van der Waals surface area contributed by atoms with Crippen LogP contribution in [0.25, 0.3) is 0 Å². The molecule has 24 heavy (non-hydrogen) atoms. The quantitative estimate of drug-likeness (QED) is 0.788. The number of benzene rings is 2. The van der Waals surface area contributed by atoms with Gasteiger partial charge in [0, 0.05) is 18.5 Å². The number of anilines is 1. The van der Waals surface area contributed by atoms with Crippen molar-refractivity contribution in [1.82, 2.24) is 0 Å². The second-order valence-electron chi connectivity index (χ2n) is 7.15. The van der Waals surface area contributed by atoms with Crippen LogP contribution >= 0.6 is 0 Å². The van der Waals surface area contributed by atoms with Crippen molar-refractivity contribution in [3.8, 4) is 0 Å². The van der Waals surface area contributed by atoms with Crippen molar-refractivity contribution in [1.29, 1.82) is 0 Å². The van der Waals surface area contributed by atoms with Gasteiger partial charge in [0.05, 0.1) is 5.69 Å². The summed E-state index contributed by atoms with van der Waals surface area (Å²) in [6.07, 6.45) is 1.000. The number of likely N-dealkylation sites (N-methyl/N-ethyl adjacent to an activating group) is 1. The number of carbonyl (C=O) groups excluding carboxylic acids is 1. The molecule has 3 heteroatoms. The van der Waals surface area contributed by atoms with Crippen molar-refractivity contribution in [2.24, 2.45) is 5.92 Å². The number of hydrogen-bond donors (Lipinski definition) is 0. The minimum atomic E-state index is -2.01. The molecule has 0 aromatic heterocycles. The molecule has 0 saturated carbocycles. The predicted molar refractivity (Wildman–Crippen MR) is 96.0 cm³/mol. The van der Waals surface area contributed by atoms with E-state index in [1.807, 2.05) is 30.3 Å². The van der Waals surface area contributed by atoms with Gasteiger partial charge in [-0.2, -0.15) is 0 Å². The predicted octanol–water partition coefficient (Wildman–Crippen LogP) is 4.83. The van der Waals surface area contributed by atoms with Gasteiger partial charge in [0.1, 0.15) is 0 Å². The van der Waals surface area contributed by atoms with E-state index in [4.69, 9.17) is 0 Å². The van der Waals surface area contributed by atoms with Crippen molar-refractivity contribution in [3.63, 3.8) is 0 Å². The Bertz CT molecular complexity index is 753. The highest BCUT2D eigenvalue weighted by molar-refractivity contribution is 6.07. The van der Waals surface area contributed by atoms with Gasteiger partial charge < -0.3 is 4.90 Å². The van der Waals surface area contributed by atoms with E-state index in [0.29, 0.717) is 17.2 Å². The Labute approximate surface area is 143 Å². The van der Waals surface area contributed by atoms with Crippen LogP contribution in [0.3, 0.4) is 0 Å². The van der Waals surface area contributed by atoms with Crippen LogP contribution in [-0.4, -0.2) is 13.0 Å². The van der Waals surface area contributed by atoms with Crippen molar-refractivity contribution in [3.05, 3.63) is 65.2 Å². The highest BCUT2D eigenvalue weighted by atomic mass is 19.1. The van der Waals surface area contributed by atoms with E-state index in [-0.39, 0.29) is 0 Å². The summed E-state index contributed by atoms with van der Waals surface area (Å²) in [5, 5.41) is 0. The third-order valence-corrected chi connectivity index (χ3v) is 4.99. The number of amides is 1. The molecule has 1 unspecified atom stereocenters.